The molecule has 1 amide bonds. The predicted molar refractivity (Wildman–Crippen MR) is 186 cm³/mol. The molecule has 1 unspecified atom stereocenters. The van der Waals surface area contributed by atoms with Crippen LogP contribution >= 0.6 is 0 Å². The second-order valence-corrected chi connectivity index (χ2v) is 13.2. The molecule has 1 aliphatic rings. The van der Waals surface area contributed by atoms with Crippen LogP contribution in [0.25, 0.3) is 11.6 Å². The number of hydrogen-bond donors (Lipinski definition) is 3. The number of benzene rings is 2. The summed E-state index contributed by atoms with van der Waals surface area (Å²) in [6.45, 7) is 0.692. The highest BCUT2D eigenvalue weighted by Crippen LogP contribution is 2.27. The molecule has 10 nitrogen and oxygen atoms in total. The van der Waals surface area contributed by atoms with E-state index in [-0.39, 0.29) is 6.42 Å². The van der Waals surface area contributed by atoms with Crippen LogP contribution in [0.15, 0.2) is 84.5 Å². The van der Waals surface area contributed by atoms with Crippen LogP contribution in [0.3, 0.4) is 0 Å². The van der Waals surface area contributed by atoms with Crippen molar-refractivity contribution in [2.45, 2.75) is 31.7 Å². The van der Waals surface area contributed by atoms with Crippen LogP contribution < -0.4 is 15.1 Å². The van der Waals surface area contributed by atoms with E-state index in [2.05, 4.69) is 105 Å². The largest absolute Gasteiger partial charge is 0.480 e. The minimum Gasteiger partial charge on any atom is -0.480 e. The zero-order chi connectivity index (χ0) is 33.9. The fourth-order valence-corrected chi connectivity index (χ4v) is 5.34. The van der Waals surface area contributed by atoms with Gasteiger partial charge in [-0.3, -0.25) is 9.35 Å². The molecule has 0 bridgehead atoms. The van der Waals surface area contributed by atoms with Crippen LogP contribution in [0.1, 0.15) is 36.8 Å². The molecule has 1 atom stereocenters. The Morgan fingerprint density at radius 1 is 0.913 bits per heavy atom. The fourth-order valence-electron chi connectivity index (χ4n) is 4.81. The van der Waals surface area contributed by atoms with Crippen molar-refractivity contribution in [2.75, 3.05) is 57.3 Å². The average Bonchev–Trinajstić information content (AvgIpc) is 3.01. The van der Waals surface area contributed by atoms with E-state index in [4.69, 9.17) is 4.55 Å². The minimum absolute atomic E-state index is 0.113. The lowest BCUT2D eigenvalue weighted by Gasteiger charge is -2.19. The van der Waals surface area contributed by atoms with Gasteiger partial charge in [0.05, 0.1) is 5.75 Å². The second-order valence-electron chi connectivity index (χ2n) is 11.6. The van der Waals surface area contributed by atoms with Gasteiger partial charge in [-0.1, -0.05) is 36.4 Å². The van der Waals surface area contributed by atoms with E-state index in [1.54, 1.807) is 0 Å². The molecule has 11 heteroatoms. The van der Waals surface area contributed by atoms with Gasteiger partial charge in [0, 0.05) is 57.6 Å². The van der Waals surface area contributed by atoms with E-state index in [0.717, 1.165) is 39.4 Å². The van der Waals surface area contributed by atoms with Gasteiger partial charge < -0.3 is 20.2 Å². The van der Waals surface area contributed by atoms with E-state index in [0.29, 0.717) is 19.4 Å². The number of carboxylic acid groups (broad SMARTS) is 1. The Bertz CT molecular complexity index is 1610. The summed E-state index contributed by atoms with van der Waals surface area (Å²) >= 11 is 0. The van der Waals surface area contributed by atoms with Gasteiger partial charge in [-0.05, 0) is 78.0 Å². The molecule has 0 fully saturated rings. The summed E-state index contributed by atoms with van der Waals surface area (Å²) in [6, 6.07) is 15.4. The lowest BCUT2D eigenvalue weighted by atomic mass is 9.95. The summed E-state index contributed by atoms with van der Waals surface area (Å²) in [7, 11) is 5.77. The molecule has 0 radical (unpaired) electrons. The van der Waals surface area contributed by atoms with Gasteiger partial charge >= 0.3 is 5.97 Å². The Labute approximate surface area is 272 Å². The molecular weight excluding hydrogens is 604 g/mol. The number of hydrogen-bond acceptors (Lipinski definition) is 6. The quantitative estimate of drug-likeness (QED) is 0.146. The van der Waals surface area contributed by atoms with Crippen LogP contribution in [-0.4, -0.2) is 93.8 Å². The maximum atomic E-state index is 12.2. The number of nitrogens with one attached hydrogen (secondary N) is 1. The molecule has 3 rings (SSSR count). The third-order valence-electron chi connectivity index (χ3n) is 7.61. The van der Waals surface area contributed by atoms with Crippen molar-refractivity contribution in [3.63, 3.8) is 0 Å². The van der Waals surface area contributed by atoms with E-state index in [1.165, 1.54) is 0 Å². The standard InChI is InChI=1S/C35H44N4O6S/c1-37(2)29-18-12-27(13-19-29)32(28-14-20-30(21-15-28)38(3)4)22-11-26-9-16-31(17-10-26)39(5)24-7-6-8-34(40)36-33(35(41)42)23-25-46(43,44)45/h9-22,33H,6-8,23-25H2,1-5H3,(H2-,36,40,41,42,43,44,45)/p+1. The number of carbonyl (C=O) groups excluding carboxylic acids is 1. The zero-order valence-electron chi connectivity index (χ0n) is 27.2. The topological polar surface area (TPSA) is 130 Å². The predicted octanol–water partition coefficient (Wildman–Crippen LogP) is 4.51. The van der Waals surface area contributed by atoms with Gasteiger partial charge in [0.25, 0.3) is 10.1 Å². The summed E-state index contributed by atoms with van der Waals surface area (Å²) in [5.74, 6) is -2.56. The number of carboxylic acids is 1. The number of aliphatic carboxylic acids is 1. The highest BCUT2D eigenvalue weighted by Gasteiger charge is 2.22. The van der Waals surface area contributed by atoms with Crippen LogP contribution in [0.5, 0.6) is 0 Å². The number of anilines is 2. The van der Waals surface area contributed by atoms with Crippen molar-refractivity contribution in [2.24, 2.45) is 0 Å². The van der Waals surface area contributed by atoms with Gasteiger partial charge in [0.2, 0.25) is 5.91 Å². The number of amides is 1. The van der Waals surface area contributed by atoms with Gasteiger partial charge in [0.1, 0.15) is 20.1 Å². The summed E-state index contributed by atoms with van der Waals surface area (Å²) in [4.78, 5) is 27.7. The lowest BCUT2D eigenvalue weighted by Crippen LogP contribution is -2.41. The van der Waals surface area contributed by atoms with Crippen molar-refractivity contribution in [3.8, 4) is 0 Å². The minimum atomic E-state index is -4.31. The van der Waals surface area contributed by atoms with E-state index >= 15 is 0 Å². The highest BCUT2D eigenvalue weighted by molar-refractivity contribution is 7.85. The van der Waals surface area contributed by atoms with Crippen molar-refractivity contribution >= 4 is 50.7 Å². The fraction of sp³-hybridized carbons (Fsp3) is 0.343. The smallest absolute Gasteiger partial charge is 0.326 e. The molecule has 0 aliphatic heterocycles. The van der Waals surface area contributed by atoms with E-state index in [1.807, 2.05) is 35.2 Å². The van der Waals surface area contributed by atoms with E-state index < -0.39 is 40.2 Å². The first-order chi connectivity index (χ1) is 21.7. The van der Waals surface area contributed by atoms with Crippen LogP contribution in [0.4, 0.5) is 11.4 Å². The molecular formula is C35H45N4O6S+. The maximum absolute atomic E-state index is 12.2. The van der Waals surface area contributed by atoms with Gasteiger partial charge in [-0.15, -0.1) is 0 Å². The Morgan fingerprint density at radius 2 is 1.52 bits per heavy atom. The van der Waals surface area contributed by atoms with Crippen molar-refractivity contribution in [1.29, 1.82) is 0 Å². The molecule has 0 saturated carbocycles. The third kappa shape index (κ3) is 11.5. The third-order valence-corrected chi connectivity index (χ3v) is 8.36. The molecule has 0 aromatic heterocycles. The summed E-state index contributed by atoms with van der Waals surface area (Å²) < 4.78 is 32.8. The number of carbonyl (C=O) groups is 2. The van der Waals surface area contributed by atoms with Crippen molar-refractivity contribution in [3.05, 3.63) is 95.6 Å². The van der Waals surface area contributed by atoms with Crippen molar-refractivity contribution in [1.82, 2.24) is 5.32 Å². The van der Waals surface area contributed by atoms with Gasteiger partial charge in [0.15, 0.2) is 5.71 Å². The first kappa shape index (κ1) is 36.0. The molecule has 2 aromatic rings. The van der Waals surface area contributed by atoms with Crippen LogP contribution in [0.2, 0.25) is 0 Å². The Morgan fingerprint density at radius 3 is 2.07 bits per heavy atom. The monoisotopic (exact) mass is 649 g/mol. The zero-order valence-corrected chi connectivity index (χ0v) is 28.0. The molecule has 0 spiro atoms. The highest BCUT2D eigenvalue weighted by atomic mass is 32.2. The lowest BCUT2D eigenvalue weighted by molar-refractivity contribution is -0.462. The molecule has 246 valence electrons. The molecule has 0 saturated heterocycles. The first-order valence-corrected chi connectivity index (χ1v) is 16.7. The average molecular weight is 650 g/mol. The number of unbranched alkanes of at least 4 members (excludes halogenated alkanes) is 1. The SMILES string of the molecule is CN(C)c1ccc(C(/C=C/c2ccc(N(C)CCCCC(=O)NC(CCS(=O)(=O)O)C(=O)O)cc2)=C2C=CC(=[N+](C)C)C=C2)cc1. The molecule has 1 aliphatic carbocycles. The second kappa shape index (κ2) is 16.7. The molecule has 0 heterocycles. The van der Waals surface area contributed by atoms with Crippen LogP contribution in [-0.2, 0) is 19.7 Å². The molecule has 46 heavy (non-hydrogen) atoms. The number of nitrogens with zero attached hydrogens (tertiary/aromatic N) is 3. The Kier molecular flexibility index (Phi) is 13.1. The Hall–Kier alpha value is -4.48. The Balaban J connectivity index is 1.61. The molecule has 3 N–H and O–H groups in total. The van der Waals surface area contributed by atoms with E-state index in [9.17, 15) is 23.1 Å². The summed E-state index contributed by atoms with van der Waals surface area (Å²) in [5, 5.41) is 11.5. The normalized spacial score (nSPS) is 13.5. The van der Waals surface area contributed by atoms with Gasteiger partial charge in [-0.25, -0.2) is 9.37 Å². The number of allylic oxidation sites excluding steroid dienone is 7. The summed E-state index contributed by atoms with van der Waals surface area (Å²) in [6.07, 6.45) is 13.7. The first-order valence-electron chi connectivity index (χ1n) is 15.1. The number of rotatable bonds is 15. The van der Waals surface area contributed by atoms with Crippen LogP contribution in [0, 0.1) is 0 Å². The van der Waals surface area contributed by atoms with Crippen molar-refractivity contribution < 1.29 is 32.2 Å². The summed E-state index contributed by atoms with van der Waals surface area (Å²) in [5.41, 5.74) is 7.73. The molecule has 2 aromatic carbocycles. The van der Waals surface area contributed by atoms with Gasteiger partial charge in [-0.2, -0.15) is 8.42 Å². The maximum Gasteiger partial charge on any atom is 0.326 e.